The molecule has 0 fully saturated rings. The molecule has 0 saturated heterocycles. The fourth-order valence-corrected chi connectivity index (χ4v) is 8.60. The minimum Gasteiger partial charge on any atom is -0.311 e. The van der Waals surface area contributed by atoms with Crippen LogP contribution in [-0.2, 0) is 0 Å². The van der Waals surface area contributed by atoms with Gasteiger partial charge in [-0.25, -0.2) is 0 Å². The van der Waals surface area contributed by atoms with Crippen LogP contribution in [-0.4, -0.2) is 9.55 Å². The number of benzene rings is 9. The Kier molecular flexibility index (Phi) is 7.84. The third kappa shape index (κ3) is 5.57. The Balaban J connectivity index is 0.921. The van der Waals surface area contributed by atoms with Gasteiger partial charge in [0.05, 0.1) is 28.2 Å². The molecule has 0 radical (unpaired) electrons. The fraction of sp³-hybridized carbons (Fsp3) is 0. The first-order chi connectivity index (χ1) is 28.7. The second-order valence-corrected chi connectivity index (χ2v) is 14.7. The highest BCUT2D eigenvalue weighted by molar-refractivity contribution is 6.26. The SMILES string of the molecule is N#Cc1ccc(N(c2ccc(-c3ccc(-c4ccc5c6c4ccc4cccc(c46)n5-c4ccccc4)cc3)cc2)c2ccc(-c3cnc4ccccc4c3)cc2)cc1. The monoisotopic (exact) mass is 738 g/mol. The molecule has 4 heteroatoms. The van der Waals surface area contributed by atoms with Crippen molar-refractivity contribution in [3.63, 3.8) is 0 Å². The van der Waals surface area contributed by atoms with Crippen molar-refractivity contribution < 1.29 is 0 Å². The first-order valence-corrected chi connectivity index (χ1v) is 19.5. The van der Waals surface area contributed by atoms with Gasteiger partial charge in [0.25, 0.3) is 0 Å². The van der Waals surface area contributed by atoms with E-state index in [1.165, 1.54) is 49.4 Å². The van der Waals surface area contributed by atoms with Gasteiger partial charge in [-0.05, 0) is 124 Å². The minimum atomic E-state index is 0.630. The lowest BCUT2D eigenvalue weighted by Crippen LogP contribution is -2.09. The number of para-hydroxylation sites is 2. The Hall–Kier alpha value is -8.00. The Labute approximate surface area is 336 Å². The van der Waals surface area contributed by atoms with Gasteiger partial charge in [0.15, 0.2) is 0 Å². The van der Waals surface area contributed by atoms with Crippen molar-refractivity contribution >= 4 is 60.5 Å². The lowest BCUT2D eigenvalue weighted by molar-refractivity contribution is 1.18. The number of hydrogen-bond donors (Lipinski definition) is 0. The topological polar surface area (TPSA) is 44.9 Å². The summed E-state index contributed by atoms with van der Waals surface area (Å²) in [7, 11) is 0. The van der Waals surface area contributed by atoms with Crippen LogP contribution in [0.25, 0.3) is 82.5 Å². The normalized spacial score (nSPS) is 11.4. The Morgan fingerprint density at radius 1 is 0.448 bits per heavy atom. The number of anilines is 3. The zero-order chi connectivity index (χ0) is 38.6. The number of rotatable bonds is 7. The molecule has 11 rings (SSSR count). The highest BCUT2D eigenvalue weighted by Crippen LogP contribution is 2.43. The average Bonchev–Trinajstić information content (AvgIpc) is 3.65. The molecule has 9 aromatic carbocycles. The Morgan fingerprint density at radius 3 is 1.74 bits per heavy atom. The molecule has 0 N–H and O–H groups in total. The summed E-state index contributed by atoms with van der Waals surface area (Å²) in [6, 6.07) is 73.0. The fourth-order valence-electron chi connectivity index (χ4n) is 8.60. The summed E-state index contributed by atoms with van der Waals surface area (Å²) in [6.45, 7) is 0. The highest BCUT2D eigenvalue weighted by Gasteiger charge is 2.19. The molecule has 0 atom stereocenters. The quantitative estimate of drug-likeness (QED) is 0.153. The standard InChI is InChI=1S/C54H34N4/c55-34-36-13-24-45(25-14-36)57(47-28-21-39(22-29-47)43-33-42-7-4-5-11-50(42)56-35-43)46-26-19-38(20-27-46)37-15-17-40(18-16-37)48-31-32-52-54-49(48)30-23-41-8-6-12-51(53(41)54)58(52)44-9-2-1-3-10-44/h1-33,35H. The van der Waals surface area contributed by atoms with E-state index in [1.807, 2.05) is 48.7 Å². The zero-order valence-corrected chi connectivity index (χ0v) is 31.4. The summed E-state index contributed by atoms with van der Waals surface area (Å²) in [5.41, 5.74) is 15.2. The smallest absolute Gasteiger partial charge is 0.0991 e. The van der Waals surface area contributed by atoms with Gasteiger partial charge < -0.3 is 9.47 Å². The van der Waals surface area contributed by atoms with Crippen LogP contribution in [0.15, 0.2) is 206 Å². The molecule has 58 heavy (non-hydrogen) atoms. The van der Waals surface area contributed by atoms with E-state index in [4.69, 9.17) is 0 Å². The predicted octanol–water partition coefficient (Wildman–Crippen LogP) is 14.3. The number of nitriles is 1. The number of hydrogen-bond acceptors (Lipinski definition) is 3. The van der Waals surface area contributed by atoms with E-state index in [2.05, 4.69) is 178 Å². The third-order valence-corrected chi connectivity index (χ3v) is 11.4. The average molecular weight is 739 g/mol. The van der Waals surface area contributed by atoms with E-state index < -0.39 is 0 Å². The molecule has 2 aromatic heterocycles. The molecule has 0 spiro atoms. The predicted molar refractivity (Wildman–Crippen MR) is 240 cm³/mol. The molecular formula is C54H34N4. The van der Waals surface area contributed by atoms with Gasteiger partial charge in [-0.2, -0.15) is 5.26 Å². The molecule has 0 bridgehead atoms. The van der Waals surface area contributed by atoms with Crippen LogP contribution < -0.4 is 4.90 Å². The first kappa shape index (κ1) is 33.3. The van der Waals surface area contributed by atoms with Gasteiger partial charge in [0.2, 0.25) is 0 Å². The van der Waals surface area contributed by atoms with E-state index in [-0.39, 0.29) is 0 Å². The lowest BCUT2D eigenvalue weighted by Gasteiger charge is -2.26. The largest absolute Gasteiger partial charge is 0.311 e. The van der Waals surface area contributed by atoms with Crippen LogP contribution in [0.2, 0.25) is 0 Å². The maximum Gasteiger partial charge on any atom is 0.0991 e. The second-order valence-electron chi connectivity index (χ2n) is 14.7. The van der Waals surface area contributed by atoms with Gasteiger partial charge in [0, 0.05) is 50.7 Å². The summed E-state index contributed by atoms with van der Waals surface area (Å²) in [5.74, 6) is 0. The van der Waals surface area contributed by atoms with Crippen molar-refractivity contribution in [1.29, 1.82) is 5.26 Å². The van der Waals surface area contributed by atoms with Gasteiger partial charge >= 0.3 is 0 Å². The van der Waals surface area contributed by atoms with Crippen LogP contribution in [0.4, 0.5) is 17.1 Å². The van der Waals surface area contributed by atoms with Crippen molar-refractivity contribution in [2.24, 2.45) is 0 Å². The number of pyridine rings is 1. The number of fused-ring (bicyclic) bond motifs is 1. The molecule has 0 saturated carbocycles. The Bertz CT molecular complexity index is 3300. The summed E-state index contributed by atoms with van der Waals surface area (Å²) in [4.78, 5) is 6.91. The van der Waals surface area contributed by atoms with Gasteiger partial charge in [-0.15, -0.1) is 0 Å². The highest BCUT2D eigenvalue weighted by atomic mass is 15.1. The van der Waals surface area contributed by atoms with E-state index in [0.717, 1.165) is 50.2 Å². The van der Waals surface area contributed by atoms with Gasteiger partial charge in [-0.3, -0.25) is 4.98 Å². The molecule has 0 aliphatic carbocycles. The second kappa shape index (κ2) is 13.6. The molecular weight excluding hydrogens is 705 g/mol. The van der Waals surface area contributed by atoms with Crippen LogP contribution in [0.5, 0.6) is 0 Å². The molecule has 4 nitrogen and oxygen atoms in total. The molecule has 0 aliphatic heterocycles. The van der Waals surface area contributed by atoms with Crippen molar-refractivity contribution in [3.05, 3.63) is 212 Å². The lowest BCUT2D eigenvalue weighted by atomic mass is 9.93. The third-order valence-electron chi connectivity index (χ3n) is 11.4. The summed E-state index contributed by atoms with van der Waals surface area (Å²) < 4.78 is 2.39. The van der Waals surface area contributed by atoms with Crippen molar-refractivity contribution in [2.75, 3.05) is 4.90 Å². The maximum absolute atomic E-state index is 9.50. The number of nitrogens with zero attached hydrogens (tertiary/aromatic N) is 4. The van der Waals surface area contributed by atoms with Crippen molar-refractivity contribution in [1.82, 2.24) is 9.55 Å². The van der Waals surface area contributed by atoms with Crippen LogP contribution >= 0.6 is 0 Å². The van der Waals surface area contributed by atoms with E-state index in [1.54, 1.807) is 0 Å². The van der Waals surface area contributed by atoms with Crippen LogP contribution in [0.3, 0.4) is 0 Å². The van der Waals surface area contributed by atoms with E-state index >= 15 is 0 Å². The molecule has 270 valence electrons. The summed E-state index contributed by atoms with van der Waals surface area (Å²) >= 11 is 0. The molecule has 0 amide bonds. The summed E-state index contributed by atoms with van der Waals surface area (Å²) in [5, 5.41) is 15.8. The zero-order valence-electron chi connectivity index (χ0n) is 31.4. The molecule has 2 heterocycles. The van der Waals surface area contributed by atoms with Crippen molar-refractivity contribution in [3.8, 4) is 45.1 Å². The minimum absolute atomic E-state index is 0.630. The Morgan fingerprint density at radius 2 is 1.03 bits per heavy atom. The molecule has 11 aromatic rings. The van der Waals surface area contributed by atoms with E-state index in [0.29, 0.717) is 5.56 Å². The first-order valence-electron chi connectivity index (χ1n) is 19.5. The molecule has 0 unspecified atom stereocenters. The van der Waals surface area contributed by atoms with E-state index in [9.17, 15) is 5.26 Å². The van der Waals surface area contributed by atoms with Crippen LogP contribution in [0.1, 0.15) is 5.56 Å². The van der Waals surface area contributed by atoms with Crippen LogP contribution in [0, 0.1) is 11.3 Å². The van der Waals surface area contributed by atoms with Crippen molar-refractivity contribution in [2.45, 2.75) is 0 Å². The summed E-state index contributed by atoms with van der Waals surface area (Å²) in [6.07, 6.45) is 1.94. The number of aromatic nitrogens is 2. The van der Waals surface area contributed by atoms with Gasteiger partial charge in [-0.1, -0.05) is 115 Å². The molecule has 0 aliphatic rings. The maximum atomic E-state index is 9.50. The van der Waals surface area contributed by atoms with Gasteiger partial charge in [0.1, 0.15) is 0 Å².